The van der Waals surface area contributed by atoms with Crippen molar-refractivity contribution in [3.05, 3.63) is 71.0 Å². The van der Waals surface area contributed by atoms with Gasteiger partial charge >= 0.3 is 0 Å². The average Bonchev–Trinajstić information content (AvgIpc) is 3.57. The highest BCUT2D eigenvalue weighted by atomic mass is 16.7. The van der Waals surface area contributed by atoms with Crippen LogP contribution in [0.25, 0.3) is 17.0 Å². The van der Waals surface area contributed by atoms with Crippen LogP contribution in [0.15, 0.2) is 53.2 Å². The van der Waals surface area contributed by atoms with E-state index in [1.54, 1.807) is 6.26 Å². The van der Waals surface area contributed by atoms with Gasteiger partial charge in [-0.1, -0.05) is 70.5 Å². The molecule has 0 bridgehead atoms. The van der Waals surface area contributed by atoms with Crippen molar-refractivity contribution >= 4 is 17.0 Å². The first-order valence-corrected chi connectivity index (χ1v) is 15.0. The van der Waals surface area contributed by atoms with E-state index < -0.39 is 24.1 Å². The highest BCUT2D eigenvalue weighted by Gasteiger charge is 2.68. The van der Waals surface area contributed by atoms with E-state index in [-0.39, 0.29) is 18.6 Å². The van der Waals surface area contributed by atoms with Crippen molar-refractivity contribution in [1.29, 1.82) is 0 Å². The van der Waals surface area contributed by atoms with Crippen LogP contribution in [0.3, 0.4) is 0 Å². The van der Waals surface area contributed by atoms with Crippen molar-refractivity contribution in [2.24, 2.45) is 5.92 Å². The minimum absolute atomic E-state index is 0.110. The van der Waals surface area contributed by atoms with Gasteiger partial charge < -0.3 is 33.9 Å². The van der Waals surface area contributed by atoms with Gasteiger partial charge in [0, 0.05) is 23.3 Å². The number of benzene rings is 2. The summed E-state index contributed by atoms with van der Waals surface area (Å²) in [6.07, 6.45) is 6.68. The summed E-state index contributed by atoms with van der Waals surface area (Å²) in [6, 6.07) is 12.2. The number of aliphatic hydroxyl groups excluding tert-OH is 3. The van der Waals surface area contributed by atoms with Crippen LogP contribution in [0.4, 0.5) is 0 Å². The fourth-order valence-electron chi connectivity index (χ4n) is 6.51. The zero-order chi connectivity index (χ0) is 29.1. The highest BCUT2D eigenvalue weighted by molar-refractivity contribution is 5.88. The number of hydrogen-bond acceptors (Lipinski definition) is 7. The van der Waals surface area contributed by atoms with Crippen LogP contribution in [-0.2, 0) is 22.5 Å². The number of rotatable bonds is 12. The molecule has 3 heterocycles. The monoisotopic (exact) mass is 564 g/mol. The number of furan rings is 1. The van der Waals surface area contributed by atoms with Crippen molar-refractivity contribution in [3.8, 4) is 5.75 Å². The molecule has 3 aromatic rings. The van der Waals surface area contributed by atoms with Gasteiger partial charge in [0.25, 0.3) is 0 Å². The van der Waals surface area contributed by atoms with Crippen molar-refractivity contribution in [2.45, 2.75) is 103 Å². The highest BCUT2D eigenvalue weighted by Crippen LogP contribution is 2.52. The van der Waals surface area contributed by atoms with E-state index in [4.69, 9.17) is 18.6 Å². The van der Waals surface area contributed by atoms with Gasteiger partial charge in [0.15, 0.2) is 11.9 Å². The summed E-state index contributed by atoms with van der Waals surface area (Å²) < 4.78 is 24.4. The molecule has 1 aromatic heterocycles. The van der Waals surface area contributed by atoms with Crippen LogP contribution in [0.2, 0.25) is 0 Å². The third-order valence-electron chi connectivity index (χ3n) is 8.51. The molecule has 41 heavy (non-hydrogen) atoms. The SMILES string of the molecule is CCCC(c1coc2c(CO)c(OC/C=C/c3ccccc3)c(CC(C)C)cc12)[C@H]1C[C@@H](O)[C@@]2(OC2CC)[C@H](O)O1. The third kappa shape index (κ3) is 5.84. The fourth-order valence-corrected chi connectivity index (χ4v) is 6.51. The average molecular weight is 565 g/mol. The smallest absolute Gasteiger partial charge is 0.189 e. The van der Waals surface area contributed by atoms with Crippen molar-refractivity contribution < 1.29 is 33.9 Å². The van der Waals surface area contributed by atoms with Gasteiger partial charge in [-0.3, -0.25) is 0 Å². The molecule has 2 unspecified atom stereocenters. The lowest BCUT2D eigenvalue weighted by Gasteiger charge is -2.39. The largest absolute Gasteiger partial charge is 0.489 e. The summed E-state index contributed by atoms with van der Waals surface area (Å²) >= 11 is 0. The minimum Gasteiger partial charge on any atom is -0.489 e. The van der Waals surface area contributed by atoms with Crippen LogP contribution in [0.1, 0.15) is 81.5 Å². The Bertz CT molecular complexity index is 1320. The molecule has 3 N–H and O–H groups in total. The first kappa shape index (κ1) is 29.8. The van der Waals surface area contributed by atoms with E-state index in [1.807, 2.05) is 49.4 Å². The molecule has 5 rings (SSSR count). The van der Waals surface area contributed by atoms with Crippen molar-refractivity contribution in [3.63, 3.8) is 0 Å². The second-order valence-electron chi connectivity index (χ2n) is 11.8. The molecule has 7 nitrogen and oxygen atoms in total. The molecule has 1 spiro atoms. The summed E-state index contributed by atoms with van der Waals surface area (Å²) in [4.78, 5) is 0. The predicted octanol–water partition coefficient (Wildman–Crippen LogP) is 6.12. The van der Waals surface area contributed by atoms with E-state index >= 15 is 0 Å². The molecule has 222 valence electrons. The lowest BCUT2D eigenvalue weighted by atomic mass is 9.80. The van der Waals surface area contributed by atoms with Gasteiger partial charge in [-0.15, -0.1) is 0 Å². The molecule has 0 aliphatic carbocycles. The van der Waals surface area contributed by atoms with Crippen LogP contribution >= 0.6 is 0 Å². The quantitative estimate of drug-likeness (QED) is 0.228. The lowest BCUT2D eigenvalue weighted by Crippen LogP contribution is -2.53. The van der Waals surface area contributed by atoms with E-state index in [1.165, 1.54) is 0 Å². The molecule has 2 aliphatic rings. The number of fused-ring (bicyclic) bond motifs is 1. The van der Waals surface area contributed by atoms with E-state index in [9.17, 15) is 15.3 Å². The maximum atomic E-state index is 11.1. The summed E-state index contributed by atoms with van der Waals surface area (Å²) in [7, 11) is 0. The van der Waals surface area contributed by atoms with Crippen LogP contribution in [-0.4, -0.2) is 52.1 Å². The Morgan fingerprint density at radius 3 is 2.56 bits per heavy atom. The molecule has 2 saturated heterocycles. The zero-order valence-corrected chi connectivity index (χ0v) is 24.6. The maximum absolute atomic E-state index is 11.1. The Kier molecular flexibility index (Phi) is 9.21. The number of hydrogen-bond donors (Lipinski definition) is 3. The first-order chi connectivity index (χ1) is 19.8. The molecule has 0 saturated carbocycles. The van der Waals surface area contributed by atoms with Gasteiger partial charge in [0.1, 0.15) is 17.9 Å². The van der Waals surface area contributed by atoms with E-state index in [2.05, 4.69) is 26.8 Å². The molecular weight excluding hydrogens is 520 g/mol. The summed E-state index contributed by atoms with van der Waals surface area (Å²) in [5, 5.41) is 33.4. The Hall–Kier alpha value is -2.68. The Balaban J connectivity index is 1.47. The molecule has 2 fully saturated rings. The first-order valence-electron chi connectivity index (χ1n) is 15.0. The molecule has 2 aromatic carbocycles. The second kappa shape index (κ2) is 12.7. The third-order valence-corrected chi connectivity index (χ3v) is 8.51. The molecule has 6 atom stereocenters. The second-order valence-corrected chi connectivity index (χ2v) is 11.8. The minimum atomic E-state index is -1.19. The maximum Gasteiger partial charge on any atom is 0.189 e. The summed E-state index contributed by atoms with van der Waals surface area (Å²) in [5.74, 6) is 0.925. The normalized spacial score (nSPS) is 26.8. The van der Waals surface area contributed by atoms with Crippen LogP contribution in [0, 0.1) is 5.92 Å². The van der Waals surface area contributed by atoms with Gasteiger partial charge in [0.05, 0.1) is 36.7 Å². The van der Waals surface area contributed by atoms with Gasteiger partial charge in [-0.25, -0.2) is 0 Å². The summed E-state index contributed by atoms with van der Waals surface area (Å²) in [5.41, 5.74) is 3.29. The lowest BCUT2D eigenvalue weighted by molar-refractivity contribution is -0.236. The molecular formula is C34H44O7. The Morgan fingerprint density at radius 2 is 1.93 bits per heavy atom. The number of ether oxygens (including phenoxy) is 3. The molecule has 2 aliphatic heterocycles. The van der Waals surface area contributed by atoms with E-state index in [0.717, 1.165) is 41.3 Å². The molecule has 0 radical (unpaired) electrons. The van der Waals surface area contributed by atoms with Gasteiger partial charge in [-0.2, -0.15) is 0 Å². The zero-order valence-electron chi connectivity index (χ0n) is 24.6. The van der Waals surface area contributed by atoms with Gasteiger partial charge in [-0.05, 0) is 48.4 Å². The summed E-state index contributed by atoms with van der Waals surface area (Å²) in [6.45, 7) is 8.56. The number of aliphatic hydroxyl groups is 3. The molecule has 0 amide bonds. The van der Waals surface area contributed by atoms with Crippen molar-refractivity contribution in [2.75, 3.05) is 6.61 Å². The topological polar surface area (TPSA) is 105 Å². The van der Waals surface area contributed by atoms with E-state index in [0.29, 0.717) is 42.3 Å². The van der Waals surface area contributed by atoms with Crippen LogP contribution < -0.4 is 4.74 Å². The standard InChI is InChI=1S/C34H44O7/c1-5-11-24(28-18-29(36)34(33(37)40-28)30(6-2)41-34)27-20-39-32-25(27)17-23(16-21(3)4)31(26(32)19-35)38-15-10-14-22-12-8-7-9-13-22/h7-10,12-14,17,20-21,24,28-30,33,35-37H,5-6,11,15-16,18-19H2,1-4H3/b14-10+/t24?,28-,29-,30?,33-,34+/m1/s1. The number of epoxide rings is 1. The van der Waals surface area contributed by atoms with Gasteiger partial charge in [0.2, 0.25) is 0 Å². The Morgan fingerprint density at radius 1 is 1.15 bits per heavy atom. The van der Waals surface area contributed by atoms with Crippen molar-refractivity contribution in [1.82, 2.24) is 0 Å². The van der Waals surface area contributed by atoms with Crippen LogP contribution in [0.5, 0.6) is 5.75 Å². The predicted molar refractivity (Wildman–Crippen MR) is 159 cm³/mol. The molecule has 7 heteroatoms. The fraction of sp³-hybridized carbons (Fsp3) is 0.529. The Labute approximate surface area is 242 Å².